The first-order valence-corrected chi connectivity index (χ1v) is 7.16. The fourth-order valence-electron chi connectivity index (χ4n) is 2.47. The van der Waals surface area contributed by atoms with E-state index < -0.39 is 0 Å². The molecule has 0 saturated carbocycles. The van der Waals surface area contributed by atoms with Gasteiger partial charge < -0.3 is 10.1 Å². The van der Waals surface area contributed by atoms with Crippen molar-refractivity contribution >= 4 is 0 Å². The molecule has 0 spiro atoms. The molecule has 2 aromatic rings. The molecule has 104 valence electrons. The van der Waals surface area contributed by atoms with Crippen molar-refractivity contribution in [2.24, 2.45) is 0 Å². The molecule has 1 aromatic carbocycles. The molecule has 0 aliphatic heterocycles. The van der Waals surface area contributed by atoms with Crippen LogP contribution < -0.4 is 10.1 Å². The van der Waals surface area contributed by atoms with E-state index in [0.717, 1.165) is 30.8 Å². The number of hydrogen-bond acceptors (Lipinski definition) is 4. The second kappa shape index (κ2) is 6.01. The van der Waals surface area contributed by atoms with Gasteiger partial charge in [-0.2, -0.15) is 0 Å². The lowest BCUT2D eigenvalue weighted by molar-refractivity contribution is 0.440. The largest absolute Gasteiger partial charge is 0.424 e. The number of aryl methyl sites for hydroxylation is 2. The highest BCUT2D eigenvalue weighted by Gasteiger charge is 2.11. The van der Waals surface area contributed by atoms with Gasteiger partial charge in [-0.15, -0.1) is 0 Å². The minimum absolute atomic E-state index is 0.406. The second-order valence-electron chi connectivity index (χ2n) is 5.04. The molecule has 4 nitrogen and oxygen atoms in total. The third kappa shape index (κ3) is 2.96. The molecular formula is C16H19N3O. The monoisotopic (exact) mass is 269 g/mol. The van der Waals surface area contributed by atoms with E-state index in [-0.39, 0.29) is 0 Å². The molecule has 1 N–H and O–H groups in total. The van der Waals surface area contributed by atoms with Gasteiger partial charge in [-0.3, -0.25) is 0 Å². The van der Waals surface area contributed by atoms with Gasteiger partial charge in [-0.25, -0.2) is 9.97 Å². The van der Waals surface area contributed by atoms with Crippen molar-refractivity contribution in [1.29, 1.82) is 0 Å². The summed E-state index contributed by atoms with van der Waals surface area (Å²) in [5.74, 6) is 0.824. The molecule has 1 aliphatic rings. The fraction of sp³-hybridized carbons (Fsp3) is 0.375. The molecule has 0 fully saturated rings. The van der Waals surface area contributed by atoms with Gasteiger partial charge in [0, 0.05) is 24.5 Å². The van der Waals surface area contributed by atoms with E-state index in [0.29, 0.717) is 6.01 Å². The van der Waals surface area contributed by atoms with Gasteiger partial charge >= 0.3 is 6.01 Å². The van der Waals surface area contributed by atoms with Crippen LogP contribution in [0.4, 0.5) is 0 Å². The molecule has 1 aliphatic carbocycles. The van der Waals surface area contributed by atoms with E-state index in [1.54, 1.807) is 12.4 Å². The lowest BCUT2D eigenvalue weighted by Crippen LogP contribution is -2.12. The van der Waals surface area contributed by atoms with Crippen molar-refractivity contribution < 1.29 is 4.74 Å². The minimum Gasteiger partial charge on any atom is -0.424 e. The van der Waals surface area contributed by atoms with Crippen LogP contribution in [0.1, 0.15) is 30.0 Å². The maximum atomic E-state index is 5.72. The summed E-state index contributed by atoms with van der Waals surface area (Å²) in [4.78, 5) is 8.49. The van der Waals surface area contributed by atoms with E-state index in [2.05, 4.69) is 34.3 Å². The summed E-state index contributed by atoms with van der Waals surface area (Å²) in [5, 5.41) is 3.24. The molecule has 1 aromatic heterocycles. The molecule has 0 bridgehead atoms. The molecule has 20 heavy (non-hydrogen) atoms. The van der Waals surface area contributed by atoms with Gasteiger partial charge in [0.15, 0.2) is 0 Å². The summed E-state index contributed by atoms with van der Waals surface area (Å²) in [6.45, 7) is 3.80. The molecule has 0 atom stereocenters. The maximum Gasteiger partial charge on any atom is 0.321 e. The maximum absolute atomic E-state index is 5.72. The first kappa shape index (κ1) is 13.1. The number of nitrogens with zero attached hydrogens (tertiary/aromatic N) is 2. The van der Waals surface area contributed by atoms with Gasteiger partial charge in [0.05, 0.1) is 0 Å². The number of fused-ring (bicyclic) bond motifs is 1. The van der Waals surface area contributed by atoms with Crippen molar-refractivity contribution in [3.63, 3.8) is 0 Å². The van der Waals surface area contributed by atoms with Gasteiger partial charge in [0.25, 0.3) is 0 Å². The lowest BCUT2D eigenvalue weighted by Gasteiger charge is -2.07. The van der Waals surface area contributed by atoms with Crippen LogP contribution in [0.2, 0.25) is 0 Å². The summed E-state index contributed by atoms with van der Waals surface area (Å²) >= 11 is 0. The van der Waals surface area contributed by atoms with E-state index in [1.807, 2.05) is 6.07 Å². The predicted molar refractivity (Wildman–Crippen MR) is 78.0 cm³/mol. The van der Waals surface area contributed by atoms with Crippen molar-refractivity contribution in [2.75, 3.05) is 6.54 Å². The van der Waals surface area contributed by atoms with Crippen molar-refractivity contribution in [2.45, 2.75) is 32.7 Å². The molecule has 0 unspecified atom stereocenters. The smallest absolute Gasteiger partial charge is 0.321 e. The Labute approximate surface area is 119 Å². The van der Waals surface area contributed by atoms with Crippen LogP contribution in [-0.4, -0.2) is 16.5 Å². The Kier molecular flexibility index (Phi) is 3.92. The van der Waals surface area contributed by atoms with E-state index in [9.17, 15) is 0 Å². The quantitative estimate of drug-likeness (QED) is 0.906. The number of benzene rings is 1. The molecule has 0 amide bonds. The first-order valence-electron chi connectivity index (χ1n) is 7.16. The summed E-state index contributed by atoms with van der Waals surface area (Å²) in [6, 6.07) is 6.67. The minimum atomic E-state index is 0.406. The molecule has 4 heteroatoms. The molecule has 0 radical (unpaired) electrons. The van der Waals surface area contributed by atoms with Gasteiger partial charge in [0.2, 0.25) is 0 Å². The average Bonchev–Trinajstić information content (AvgIpc) is 2.94. The van der Waals surface area contributed by atoms with Crippen LogP contribution in [0.5, 0.6) is 11.8 Å². The number of rotatable bonds is 5. The zero-order chi connectivity index (χ0) is 13.8. The Bertz CT molecular complexity index is 581. The zero-order valence-electron chi connectivity index (χ0n) is 11.7. The number of hydrogen-bond donors (Lipinski definition) is 1. The number of nitrogens with one attached hydrogen (secondary N) is 1. The molecule has 3 rings (SSSR count). The molecule has 0 saturated heterocycles. The summed E-state index contributed by atoms with van der Waals surface area (Å²) in [5.41, 5.74) is 3.90. The van der Waals surface area contributed by atoms with E-state index in [4.69, 9.17) is 4.74 Å². The van der Waals surface area contributed by atoms with Crippen LogP contribution in [0, 0.1) is 0 Å². The third-order valence-electron chi connectivity index (χ3n) is 3.54. The van der Waals surface area contributed by atoms with Gasteiger partial charge in [-0.1, -0.05) is 13.0 Å². The SMILES string of the molecule is CCNCc1cnc(Oc2ccc3c(c2)CCC3)nc1. The average molecular weight is 269 g/mol. The Morgan fingerprint density at radius 2 is 1.95 bits per heavy atom. The standard InChI is InChI=1S/C16H19N3O/c1-2-17-9-12-10-18-16(19-11-12)20-15-7-6-13-4-3-5-14(13)8-15/h6-8,10-11,17H,2-5,9H2,1H3. The fourth-order valence-corrected chi connectivity index (χ4v) is 2.47. The highest BCUT2D eigenvalue weighted by molar-refractivity contribution is 5.39. The van der Waals surface area contributed by atoms with Crippen molar-refractivity contribution in [3.05, 3.63) is 47.3 Å². The van der Waals surface area contributed by atoms with Gasteiger partial charge in [-0.05, 0) is 49.1 Å². The Morgan fingerprint density at radius 3 is 2.75 bits per heavy atom. The Morgan fingerprint density at radius 1 is 1.15 bits per heavy atom. The summed E-state index contributed by atoms with van der Waals surface area (Å²) in [7, 11) is 0. The zero-order valence-corrected chi connectivity index (χ0v) is 11.7. The van der Waals surface area contributed by atoms with Crippen LogP contribution in [0.25, 0.3) is 0 Å². The Hall–Kier alpha value is -1.94. The molecular weight excluding hydrogens is 250 g/mol. The predicted octanol–water partition coefficient (Wildman–Crippen LogP) is 2.87. The first-order chi connectivity index (χ1) is 9.85. The highest BCUT2D eigenvalue weighted by Crippen LogP contribution is 2.27. The molecule has 1 heterocycles. The van der Waals surface area contributed by atoms with Crippen molar-refractivity contribution in [1.82, 2.24) is 15.3 Å². The van der Waals surface area contributed by atoms with E-state index in [1.165, 1.54) is 24.0 Å². The number of aromatic nitrogens is 2. The number of ether oxygens (including phenoxy) is 1. The summed E-state index contributed by atoms with van der Waals surface area (Å²) in [6.07, 6.45) is 7.19. The normalized spacial score (nSPS) is 13.2. The van der Waals surface area contributed by atoms with Crippen molar-refractivity contribution in [3.8, 4) is 11.8 Å². The van der Waals surface area contributed by atoms with Crippen LogP contribution in [0.3, 0.4) is 0 Å². The Balaban J connectivity index is 1.68. The van der Waals surface area contributed by atoms with Crippen LogP contribution in [-0.2, 0) is 19.4 Å². The topological polar surface area (TPSA) is 47.0 Å². The van der Waals surface area contributed by atoms with Crippen LogP contribution in [0.15, 0.2) is 30.6 Å². The second-order valence-corrected chi connectivity index (χ2v) is 5.04. The third-order valence-corrected chi connectivity index (χ3v) is 3.54. The highest BCUT2D eigenvalue weighted by atomic mass is 16.5. The van der Waals surface area contributed by atoms with E-state index >= 15 is 0 Å². The summed E-state index contributed by atoms with van der Waals surface area (Å²) < 4.78 is 5.72. The lowest BCUT2D eigenvalue weighted by atomic mass is 10.1. The van der Waals surface area contributed by atoms with Gasteiger partial charge in [0.1, 0.15) is 5.75 Å². The van der Waals surface area contributed by atoms with Crippen LogP contribution >= 0.6 is 0 Å².